The number of morpholine rings is 1. The predicted molar refractivity (Wildman–Crippen MR) is 93.8 cm³/mol. The lowest BCUT2D eigenvalue weighted by molar-refractivity contribution is -0.0174. The standard InChI is InChI=1S/C17H29N5O/c1-14(22-10-11-23-13-15(22)2)12-21-17(18-3)20-9-7-16-6-4-5-8-19-16/h4-6,8,14-15H,7,9-13H2,1-3H3,(H2,18,20,21). The minimum Gasteiger partial charge on any atom is -0.379 e. The first-order valence-electron chi connectivity index (χ1n) is 8.38. The summed E-state index contributed by atoms with van der Waals surface area (Å²) in [7, 11) is 1.80. The maximum Gasteiger partial charge on any atom is 0.191 e. The molecule has 0 saturated carbocycles. The number of aliphatic imine (C=N–C) groups is 1. The largest absolute Gasteiger partial charge is 0.379 e. The van der Waals surface area contributed by atoms with Crippen LogP contribution >= 0.6 is 0 Å². The fourth-order valence-electron chi connectivity index (χ4n) is 2.83. The third-order valence-corrected chi connectivity index (χ3v) is 4.17. The van der Waals surface area contributed by atoms with E-state index >= 15 is 0 Å². The molecule has 0 amide bonds. The van der Waals surface area contributed by atoms with Crippen molar-refractivity contribution in [2.45, 2.75) is 32.4 Å². The van der Waals surface area contributed by atoms with Crippen LogP contribution < -0.4 is 10.6 Å². The molecule has 2 rings (SSSR count). The Hall–Kier alpha value is -1.66. The summed E-state index contributed by atoms with van der Waals surface area (Å²) in [6, 6.07) is 6.91. The Morgan fingerprint density at radius 2 is 2.35 bits per heavy atom. The van der Waals surface area contributed by atoms with Crippen molar-refractivity contribution in [1.29, 1.82) is 0 Å². The van der Waals surface area contributed by atoms with Crippen molar-refractivity contribution in [2.24, 2.45) is 4.99 Å². The van der Waals surface area contributed by atoms with Crippen LogP contribution in [0, 0.1) is 0 Å². The van der Waals surface area contributed by atoms with Crippen molar-refractivity contribution >= 4 is 5.96 Å². The van der Waals surface area contributed by atoms with Crippen LogP contribution in [0.2, 0.25) is 0 Å². The molecule has 1 aromatic heterocycles. The van der Waals surface area contributed by atoms with Crippen LogP contribution in [0.25, 0.3) is 0 Å². The number of hydrogen-bond donors (Lipinski definition) is 2. The minimum atomic E-state index is 0.447. The van der Waals surface area contributed by atoms with Crippen molar-refractivity contribution in [3.8, 4) is 0 Å². The van der Waals surface area contributed by atoms with E-state index in [9.17, 15) is 0 Å². The molecule has 0 radical (unpaired) electrons. The molecular formula is C17H29N5O. The van der Waals surface area contributed by atoms with E-state index in [0.717, 1.165) is 50.9 Å². The van der Waals surface area contributed by atoms with Crippen LogP contribution in [0.5, 0.6) is 0 Å². The average molecular weight is 319 g/mol. The number of nitrogens with one attached hydrogen (secondary N) is 2. The number of ether oxygens (including phenoxy) is 1. The molecule has 1 fully saturated rings. The minimum absolute atomic E-state index is 0.447. The van der Waals surface area contributed by atoms with Crippen LogP contribution in [0.1, 0.15) is 19.5 Å². The van der Waals surface area contributed by atoms with E-state index in [1.54, 1.807) is 7.05 Å². The zero-order chi connectivity index (χ0) is 16.5. The molecular weight excluding hydrogens is 290 g/mol. The molecule has 128 valence electrons. The molecule has 0 aliphatic carbocycles. The molecule has 6 heteroatoms. The summed E-state index contributed by atoms with van der Waals surface area (Å²) in [5, 5.41) is 6.75. The molecule has 2 unspecified atom stereocenters. The topological polar surface area (TPSA) is 61.8 Å². The van der Waals surface area contributed by atoms with Crippen molar-refractivity contribution in [3.05, 3.63) is 30.1 Å². The molecule has 23 heavy (non-hydrogen) atoms. The summed E-state index contributed by atoms with van der Waals surface area (Å²) < 4.78 is 5.50. The second-order valence-electron chi connectivity index (χ2n) is 5.96. The van der Waals surface area contributed by atoms with E-state index in [1.807, 2.05) is 24.4 Å². The van der Waals surface area contributed by atoms with Gasteiger partial charge in [0.15, 0.2) is 5.96 Å². The first kappa shape index (κ1) is 17.7. The van der Waals surface area contributed by atoms with Gasteiger partial charge in [0, 0.05) is 57.1 Å². The Morgan fingerprint density at radius 3 is 3.04 bits per heavy atom. The summed E-state index contributed by atoms with van der Waals surface area (Å²) >= 11 is 0. The monoisotopic (exact) mass is 319 g/mol. The highest BCUT2D eigenvalue weighted by atomic mass is 16.5. The predicted octanol–water partition coefficient (Wildman–Crippen LogP) is 0.898. The van der Waals surface area contributed by atoms with Gasteiger partial charge >= 0.3 is 0 Å². The molecule has 2 N–H and O–H groups in total. The van der Waals surface area contributed by atoms with Crippen LogP contribution in [0.3, 0.4) is 0 Å². The summed E-state index contributed by atoms with van der Waals surface area (Å²) in [6.07, 6.45) is 2.71. The van der Waals surface area contributed by atoms with Crippen LogP contribution in [-0.2, 0) is 11.2 Å². The molecule has 0 bridgehead atoms. The van der Waals surface area contributed by atoms with Crippen LogP contribution in [-0.4, -0.2) is 67.8 Å². The number of pyridine rings is 1. The number of nitrogens with zero attached hydrogens (tertiary/aromatic N) is 3. The van der Waals surface area contributed by atoms with Gasteiger partial charge in [-0.25, -0.2) is 0 Å². The van der Waals surface area contributed by atoms with E-state index in [4.69, 9.17) is 4.74 Å². The second-order valence-corrected chi connectivity index (χ2v) is 5.96. The molecule has 1 saturated heterocycles. The van der Waals surface area contributed by atoms with E-state index in [1.165, 1.54) is 0 Å². The maximum atomic E-state index is 5.50. The average Bonchev–Trinajstić information content (AvgIpc) is 2.59. The lowest BCUT2D eigenvalue weighted by atomic mass is 10.2. The van der Waals surface area contributed by atoms with Gasteiger partial charge in [-0.3, -0.25) is 14.9 Å². The summed E-state index contributed by atoms with van der Waals surface area (Å²) in [4.78, 5) is 11.1. The van der Waals surface area contributed by atoms with Gasteiger partial charge in [-0.05, 0) is 26.0 Å². The molecule has 6 nitrogen and oxygen atoms in total. The number of aromatic nitrogens is 1. The van der Waals surface area contributed by atoms with Crippen molar-refractivity contribution in [3.63, 3.8) is 0 Å². The Morgan fingerprint density at radius 1 is 1.48 bits per heavy atom. The molecule has 2 atom stereocenters. The third-order valence-electron chi connectivity index (χ3n) is 4.17. The maximum absolute atomic E-state index is 5.50. The molecule has 1 aromatic rings. The highest BCUT2D eigenvalue weighted by Crippen LogP contribution is 2.09. The third kappa shape index (κ3) is 5.80. The SMILES string of the molecule is CN=C(NCCc1ccccn1)NCC(C)N1CCOCC1C. The molecule has 0 spiro atoms. The van der Waals surface area contributed by atoms with Crippen LogP contribution in [0.4, 0.5) is 0 Å². The van der Waals surface area contributed by atoms with E-state index in [0.29, 0.717) is 12.1 Å². The van der Waals surface area contributed by atoms with Gasteiger partial charge in [0.2, 0.25) is 0 Å². The summed E-state index contributed by atoms with van der Waals surface area (Å²) in [5.41, 5.74) is 1.09. The van der Waals surface area contributed by atoms with Gasteiger partial charge < -0.3 is 15.4 Å². The van der Waals surface area contributed by atoms with Gasteiger partial charge in [-0.15, -0.1) is 0 Å². The zero-order valence-corrected chi connectivity index (χ0v) is 14.5. The Balaban J connectivity index is 1.70. The highest BCUT2D eigenvalue weighted by molar-refractivity contribution is 5.79. The lowest BCUT2D eigenvalue weighted by Crippen LogP contribution is -2.53. The number of hydrogen-bond acceptors (Lipinski definition) is 4. The fourth-order valence-corrected chi connectivity index (χ4v) is 2.83. The van der Waals surface area contributed by atoms with Gasteiger partial charge in [0.05, 0.1) is 13.2 Å². The van der Waals surface area contributed by atoms with Gasteiger partial charge in [-0.1, -0.05) is 6.07 Å². The molecule has 2 heterocycles. The Bertz CT molecular complexity index is 479. The van der Waals surface area contributed by atoms with Crippen molar-refractivity contribution < 1.29 is 4.74 Å². The number of rotatable bonds is 6. The van der Waals surface area contributed by atoms with E-state index in [2.05, 4.69) is 39.4 Å². The Labute approximate surface area is 139 Å². The summed E-state index contributed by atoms with van der Waals surface area (Å²) in [5.74, 6) is 0.841. The van der Waals surface area contributed by atoms with Gasteiger partial charge in [0.25, 0.3) is 0 Å². The van der Waals surface area contributed by atoms with Gasteiger partial charge in [0.1, 0.15) is 0 Å². The first-order valence-corrected chi connectivity index (χ1v) is 8.38. The van der Waals surface area contributed by atoms with Crippen LogP contribution in [0.15, 0.2) is 29.4 Å². The quantitative estimate of drug-likeness (QED) is 0.602. The zero-order valence-electron chi connectivity index (χ0n) is 14.5. The van der Waals surface area contributed by atoms with Crippen molar-refractivity contribution in [2.75, 3.05) is 39.9 Å². The smallest absolute Gasteiger partial charge is 0.191 e. The second kappa shape index (κ2) is 9.47. The molecule has 0 aromatic carbocycles. The molecule has 1 aliphatic heterocycles. The van der Waals surface area contributed by atoms with E-state index in [-0.39, 0.29) is 0 Å². The molecule has 1 aliphatic rings. The summed E-state index contributed by atoms with van der Waals surface area (Å²) in [6.45, 7) is 8.79. The van der Waals surface area contributed by atoms with Crippen molar-refractivity contribution in [1.82, 2.24) is 20.5 Å². The lowest BCUT2D eigenvalue weighted by Gasteiger charge is -2.38. The number of guanidine groups is 1. The fraction of sp³-hybridized carbons (Fsp3) is 0.647. The van der Waals surface area contributed by atoms with Gasteiger partial charge in [-0.2, -0.15) is 0 Å². The highest BCUT2D eigenvalue weighted by Gasteiger charge is 2.23. The Kier molecular flexibility index (Phi) is 7.29. The normalized spacial score (nSPS) is 21.0. The first-order chi connectivity index (χ1) is 11.2. The van der Waals surface area contributed by atoms with E-state index < -0.39 is 0 Å².